The molecule has 1 atom stereocenters. The summed E-state index contributed by atoms with van der Waals surface area (Å²) in [6.45, 7) is 3.97. The highest BCUT2D eigenvalue weighted by molar-refractivity contribution is 7.57. The fourth-order valence-corrected chi connectivity index (χ4v) is 2.23. The summed E-state index contributed by atoms with van der Waals surface area (Å²) in [5.74, 6) is 0. The van der Waals surface area contributed by atoms with Gasteiger partial charge in [-0.3, -0.25) is 4.57 Å². The standard InChI is InChI=1S/C7H16NO2P/c1-2-3-6-11(9,10)7-4-5-8/h2H,1,3-8H2,(H,9,10). The third-order valence-electron chi connectivity index (χ3n) is 1.39. The Morgan fingerprint density at radius 2 is 2.18 bits per heavy atom. The third-order valence-corrected chi connectivity index (χ3v) is 3.37. The van der Waals surface area contributed by atoms with Crippen molar-refractivity contribution >= 4 is 7.37 Å². The number of hydrogen-bond acceptors (Lipinski definition) is 2. The van der Waals surface area contributed by atoms with E-state index in [1.165, 1.54) is 0 Å². The van der Waals surface area contributed by atoms with Crippen LogP contribution in [0.3, 0.4) is 0 Å². The first-order chi connectivity index (χ1) is 5.12. The van der Waals surface area contributed by atoms with Gasteiger partial charge in [-0.25, -0.2) is 0 Å². The van der Waals surface area contributed by atoms with Crippen molar-refractivity contribution in [2.24, 2.45) is 5.73 Å². The molecule has 0 aliphatic carbocycles. The maximum atomic E-state index is 11.2. The van der Waals surface area contributed by atoms with Crippen LogP contribution in [0.2, 0.25) is 0 Å². The SMILES string of the molecule is C=CCCP(=O)(O)CCCN. The van der Waals surface area contributed by atoms with Gasteiger partial charge in [-0.15, -0.1) is 6.58 Å². The average Bonchev–Trinajstić information content (AvgIpc) is 1.97. The Hall–Kier alpha value is -0.110. The van der Waals surface area contributed by atoms with E-state index in [0.29, 0.717) is 31.7 Å². The Bertz CT molecular complexity index is 159. The first kappa shape index (κ1) is 10.9. The maximum absolute atomic E-state index is 11.2. The summed E-state index contributed by atoms with van der Waals surface area (Å²) in [5.41, 5.74) is 5.21. The molecule has 0 aliphatic rings. The van der Waals surface area contributed by atoms with E-state index in [2.05, 4.69) is 6.58 Å². The molecule has 0 saturated heterocycles. The molecule has 0 fully saturated rings. The summed E-state index contributed by atoms with van der Waals surface area (Å²) in [6.07, 6.45) is 3.59. The average molecular weight is 177 g/mol. The lowest BCUT2D eigenvalue weighted by atomic mass is 10.5. The molecule has 0 radical (unpaired) electrons. The van der Waals surface area contributed by atoms with Gasteiger partial charge in [-0.2, -0.15) is 0 Å². The Morgan fingerprint density at radius 3 is 2.64 bits per heavy atom. The number of allylic oxidation sites excluding steroid dienone is 1. The minimum Gasteiger partial charge on any atom is -0.344 e. The van der Waals surface area contributed by atoms with Gasteiger partial charge in [-0.1, -0.05) is 6.08 Å². The van der Waals surface area contributed by atoms with E-state index in [0.717, 1.165) is 0 Å². The third kappa shape index (κ3) is 6.29. The topological polar surface area (TPSA) is 63.3 Å². The summed E-state index contributed by atoms with van der Waals surface area (Å²) in [6, 6.07) is 0. The van der Waals surface area contributed by atoms with E-state index in [4.69, 9.17) is 5.73 Å². The molecule has 1 unspecified atom stereocenters. The van der Waals surface area contributed by atoms with Gasteiger partial charge in [0.15, 0.2) is 0 Å². The molecule has 0 saturated carbocycles. The van der Waals surface area contributed by atoms with Crippen molar-refractivity contribution in [1.82, 2.24) is 0 Å². The minimum atomic E-state index is -2.88. The summed E-state index contributed by atoms with van der Waals surface area (Å²) in [7, 11) is -2.88. The molecular formula is C7H16NO2P. The Morgan fingerprint density at radius 1 is 1.55 bits per heavy atom. The van der Waals surface area contributed by atoms with Gasteiger partial charge >= 0.3 is 0 Å². The van der Waals surface area contributed by atoms with Gasteiger partial charge in [0, 0.05) is 12.3 Å². The molecular weight excluding hydrogens is 161 g/mol. The predicted molar refractivity (Wildman–Crippen MR) is 48.0 cm³/mol. The Balaban J connectivity index is 3.61. The van der Waals surface area contributed by atoms with E-state index < -0.39 is 7.37 Å². The summed E-state index contributed by atoms with van der Waals surface area (Å²) in [4.78, 5) is 9.23. The molecule has 66 valence electrons. The van der Waals surface area contributed by atoms with Gasteiger partial charge in [-0.05, 0) is 19.4 Å². The maximum Gasteiger partial charge on any atom is 0.201 e. The normalized spacial score (nSPS) is 15.8. The molecule has 0 amide bonds. The van der Waals surface area contributed by atoms with Crippen LogP contribution in [0.25, 0.3) is 0 Å². The van der Waals surface area contributed by atoms with Crippen molar-refractivity contribution in [3.63, 3.8) is 0 Å². The molecule has 0 aromatic rings. The molecule has 0 heterocycles. The fourth-order valence-electron chi connectivity index (χ4n) is 0.743. The fraction of sp³-hybridized carbons (Fsp3) is 0.714. The largest absolute Gasteiger partial charge is 0.344 e. The molecule has 3 N–H and O–H groups in total. The van der Waals surface area contributed by atoms with Crippen LogP contribution in [0, 0.1) is 0 Å². The molecule has 0 aromatic heterocycles. The zero-order chi connectivity index (χ0) is 8.74. The number of rotatable bonds is 6. The highest BCUT2D eigenvalue weighted by atomic mass is 31.2. The van der Waals surface area contributed by atoms with E-state index in [1.807, 2.05) is 0 Å². The van der Waals surface area contributed by atoms with Crippen molar-refractivity contribution in [3.8, 4) is 0 Å². The molecule has 0 aliphatic heterocycles. The van der Waals surface area contributed by atoms with Crippen LogP contribution >= 0.6 is 7.37 Å². The lowest BCUT2D eigenvalue weighted by Gasteiger charge is -2.08. The highest BCUT2D eigenvalue weighted by Crippen LogP contribution is 2.41. The molecule has 11 heavy (non-hydrogen) atoms. The summed E-state index contributed by atoms with van der Waals surface area (Å²) >= 11 is 0. The first-order valence-corrected chi connectivity index (χ1v) is 5.77. The zero-order valence-corrected chi connectivity index (χ0v) is 7.59. The van der Waals surface area contributed by atoms with E-state index in [1.54, 1.807) is 6.08 Å². The van der Waals surface area contributed by atoms with Crippen LogP contribution in [0.1, 0.15) is 12.8 Å². The molecule has 0 aromatic carbocycles. The smallest absolute Gasteiger partial charge is 0.201 e. The predicted octanol–water partition coefficient (Wildman–Crippen LogP) is 1.18. The van der Waals surface area contributed by atoms with Gasteiger partial charge in [0.1, 0.15) is 0 Å². The first-order valence-electron chi connectivity index (χ1n) is 3.74. The Kier molecular flexibility index (Phi) is 5.47. The van der Waals surface area contributed by atoms with Crippen LogP contribution in [0.15, 0.2) is 12.7 Å². The van der Waals surface area contributed by atoms with E-state index in [9.17, 15) is 9.46 Å². The van der Waals surface area contributed by atoms with Gasteiger partial charge in [0.2, 0.25) is 7.37 Å². The molecule has 0 rings (SSSR count). The van der Waals surface area contributed by atoms with Crippen LogP contribution < -0.4 is 5.73 Å². The lowest BCUT2D eigenvalue weighted by Crippen LogP contribution is -2.03. The second kappa shape index (κ2) is 5.53. The van der Waals surface area contributed by atoms with Crippen LogP contribution in [-0.4, -0.2) is 23.8 Å². The van der Waals surface area contributed by atoms with Crippen LogP contribution in [0.4, 0.5) is 0 Å². The number of nitrogens with two attached hydrogens (primary N) is 1. The highest BCUT2D eigenvalue weighted by Gasteiger charge is 2.15. The van der Waals surface area contributed by atoms with Gasteiger partial charge < -0.3 is 10.6 Å². The quantitative estimate of drug-likeness (QED) is 0.473. The van der Waals surface area contributed by atoms with Crippen LogP contribution in [-0.2, 0) is 4.57 Å². The zero-order valence-electron chi connectivity index (χ0n) is 6.70. The van der Waals surface area contributed by atoms with Crippen molar-refractivity contribution in [1.29, 1.82) is 0 Å². The molecule has 0 bridgehead atoms. The van der Waals surface area contributed by atoms with Crippen LogP contribution in [0.5, 0.6) is 0 Å². The van der Waals surface area contributed by atoms with Gasteiger partial charge in [0.05, 0.1) is 0 Å². The second-order valence-corrected chi connectivity index (χ2v) is 5.10. The number of hydrogen-bond donors (Lipinski definition) is 2. The summed E-state index contributed by atoms with van der Waals surface area (Å²) < 4.78 is 11.2. The summed E-state index contributed by atoms with van der Waals surface area (Å²) in [5, 5.41) is 0. The van der Waals surface area contributed by atoms with Crippen molar-refractivity contribution in [2.75, 3.05) is 18.9 Å². The van der Waals surface area contributed by atoms with Crippen molar-refractivity contribution in [2.45, 2.75) is 12.8 Å². The minimum absolute atomic E-state index is 0.344. The van der Waals surface area contributed by atoms with E-state index in [-0.39, 0.29) is 0 Å². The lowest BCUT2D eigenvalue weighted by molar-refractivity contribution is 0.476. The molecule has 0 spiro atoms. The van der Waals surface area contributed by atoms with Crippen molar-refractivity contribution < 1.29 is 9.46 Å². The second-order valence-electron chi connectivity index (χ2n) is 2.51. The van der Waals surface area contributed by atoms with E-state index >= 15 is 0 Å². The monoisotopic (exact) mass is 177 g/mol. The molecule has 4 heteroatoms. The Labute approximate surface area is 67.7 Å². The van der Waals surface area contributed by atoms with Crippen molar-refractivity contribution in [3.05, 3.63) is 12.7 Å². The van der Waals surface area contributed by atoms with Gasteiger partial charge in [0.25, 0.3) is 0 Å². The molecule has 3 nitrogen and oxygen atoms in total.